The van der Waals surface area contributed by atoms with Crippen LogP contribution in [0.15, 0.2) is 18.5 Å². The molecule has 0 aromatic carbocycles. The molecule has 0 bridgehead atoms. The first-order valence-corrected chi connectivity index (χ1v) is 9.62. The maximum absolute atomic E-state index is 11.9. The lowest BCUT2D eigenvalue weighted by molar-refractivity contribution is -0.117. The van der Waals surface area contributed by atoms with Gasteiger partial charge >= 0.3 is 0 Å². The highest BCUT2D eigenvalue weighted by Crippen LogP contribution is 2.08. The number of ether oxygens (including phenoxy) is 1. The normalized spacial score (nSPS) is 19.1. The van der Waals surface area contributed by atoms with Crippen molar-refractivity contribution in [1.29, 1.82) is 0 Å². The van der Waals surface area contributed by atoms with Gasteiger partial charge in [0.25, 0.3) is 0 Å². The van der Waals surface area contributed by atoms with Crippen molar-refractivity contribution in [3.8, 4) is 0 Å². The van der Waals surface area contributed by atoms with E-state index >= 15 is 0 Å². The number of amides is 1. The highest BCUT2D eigenvalue weighted by molar-refractivity contribution is 7.88. The molecule has 1 aromatic rings. The SMILES string of the molecule is CN(C)c1ncc(C=CC(=O)NCC2CN(S(C)(=O)=O)CCO2)cn1. The number of hydrogen-bond acceptors (Lipinski definition) is 7. The Morgan fingerprint density at radius 2 is 2.12 bits per heavy atom. The minimum atomic E-state index is -3.24. The monoisotopic (exact) mass is 369 g/mol. The smallest absolute Gasteiger partial charge is 0.244 e. The first-order chi connectivity index (χ1) is 11.8. The Morgan fingerprint density at radius 1 is 1.44 bits per heavy atom. The molecule has 1 atom stereocenters. The first-order valence-electron chi connectivity index (χ1n) is 7.77. The van der Waals surface area contributed by atoms with Gasteiger partial charge in [-0.05, 0) is 6.08 Å². The Hall–Kier alpha value is -2.04. The van der Waals surface area contributed by atoms with Crippen LogP contribution in [0.2, 0.25) is 0 Å². The Balaban J connectivity index is 1.82. The number of carbonyl (C=O) groups excluding carboxylic acids is 1. The number of nitrogens with zero attached hydrogens (tertiary/aromatic N) is 4. The molecule has 1 unspecified atom stereocenters. The molecule has 10 heteroatoms. The summed E-state index contributed by atoms with van der Waals surface area (Å²) in [6.07, 6.45) is 7.05. The van der Waals surface area contributed by atoms with E-state index in [0.717, 1.165) is 0 Å². The number of anilines is 1. The molecule has 138 valence electrons. The third kappa shape index (κ3) is 6.07. The molecule has 1 aliphatic heterocycles. The highest BCUT2D eigenvalue weighted by atomic mass is 32.2. The quantitative estimate of drug-likeness (QED) is 0.663. The van der Waals surface area contributed by atoms with E-state index in [-0.39, 0.29) is 25.1 Å². The first kappa shape index (κ1) is 19.3. The van der Waals surface area contributed by atoms with Gasteiger partial charge in [0.1, 0.15) is 0 Å². The minimum absolute atomic E-state index is 0.239. The molecule has 1 N–H and O–H groups in total. The fourth-order valence-corrected chi connectivity index (χ4v) is 3.05. The van der Waals surface area contributed by atoms with Crippen molar-refractivity contribution in [1.82, 2.24) is 19.6 Å². The summed E-state index contributed by atoms with van der Waals surface area (Å²) in [5, 5.41) is 2.70. The van der Waals surface area contributed by atoms with E-state index in [1.165, 1.54) is 16.6 Å². The van der Waals surface area contributed by atoms with Crippen LogP contribution in [0.1, 0.15) is 5.56 Å². The van der Waals surface area contributed by atoms with Crippen LogP contribution in [0, 0.1) is 0 Å². The molecular formula is C15H23N5O4S. The number of morpholine rings is 1. The van der Waals surface area contributed by atoms with Gasteiger partial charge < -0.3 is 15.0 Å². The molecule has 25 heavy (non-hydrogen) atoms. The molecule has 0 saturated carbocycles. The van der Waals surface area contributed by atoms with E-state index < -0.39 is 10.0 Å². The lowest BCUT2D eigenvalue weighted by Gasteiger charge is -2.31. The molecule has 0 aliphatic carbocycles. The predicted octanol–water partition coefficient (Wildman–Crippen LogP) is -0.668. The van der Waals surface area contributed by atoms with Gasteiger partial charge in [0, 0.05) is 57.8 Å². The lowest BCUT2D eigenvalue weighted by Crippen LogP contribution is -2.49. The number of hydrogen-bond donors (Lipinski definition) is 1. The second kappa shape index (κ2) is 8.37. The topological polar surface area (TPSA) is 105 Å². The van der Waals surface area contributed by atoms with Crippen molar-refractivity contribution in [3.05, 3.63) is 24.0 Å². The summed E-state index contributed by atoms with van der Waals surface area (Å²) in [4.78, 5) is 22.0. The van der Waals surface area contributed by atoms with Crippen LogP contribution < -0.4 is 10.2 Å². The van der Waals surface area contributed by atoms with Crippen LogP contribution in [-0.4, -0.2) is 81.3 Å². The third-order valence-corrected chi connectivity index (χ3v) is 4.83. The van der Waals surface area contributed by atoms with Crippen molar-refractivity contribution < 1.29 is 17.9 Å². The van der Waals surface area contributed by atoms with E-state index in [0.29, 0.717) is 24.7 Å². The van der Waals surface area contributed by atoms with Gasteiger partial charge in [0.05, 0.1) is 19.0 Å². The molecule has 1 fully saturated rings. The molecule has 0 spiro atoms. The minimum Gasteiger partial charge on any atom is -0.374 e. The Morgan fingerprint density at radius 3 is 2.72 bits per heavy atom. The molecule has 1 aromatic heterocycles. The zero-order valence-electron chi connectivity index (χ0n) is 14.5. The lowest BCUT2D eigenvalue weighted by atomic mass is 10.3. The van der Waals surface area contributed by atoms with E-state index in [4.69, 9.17) is 4.74 Å². The summed E-state index contributed by atoms with van der Waals surface area (Å²) in [6.45, 7) is 1.14. The van der Waals surface area contributed by atoms with Gasteiger partial charge in [-0.3, -0.25) is 4.79 Å². The number of nitrogens with one attached hydrogen (secondary N) is 1. The molecule has 2 rings (SSSR count). The fourth-order valence-electron chi connectivity index (χ4n) is 2.21. The Bertz CT molecular complexity index is 718. The van der Waals surface area contributed by atoms with Gasteiger partial charge in [-0.25, -0.2) is 18.4 Å². The third-order valence-electron chi connectivity index (χ3n) is 3.56. The van der Waals surface area contributed by atoms with Gasteiger partial charge in [-0.1, -0.05) is 0 Å². The Kier molecular flexibility index (Phi) is 6.45. The summed E-state index contributed by atoms with van der Waals surface area (Å²) in [7, 11) is 0.444. The van der Waals surface area contributed by atoms with E-state index in [2.05, 4.69) is 15.3 Å². The summed E-state index contributed by atoms with van der Waals surface area (Å²) in [5.41, 5.74) is 0.706. The highest BCUT2D eigenvalue weighted by Gasteiger charge is 2.26. The van der Waals surface area contributed by atoms with Crippen LogP contribution in [0.25, 0.3) is 6.08 Å². The average Bonchev–Trinajstić information content (AvgIpc) is 2.58. The summed E-state index contributed by atoms with van der Waals surface area (Å²) >= 11 is 0. The number of carbonyl (C=O) groups is 1. The predicted molar refractivity (Wildman–Crippen MR) is 94.6 cm³/mol. The second-order valence-corrected chi connectivity index (χ2v) is 7.89. The van der Waals surface area contributed by atoms with Gasteiger partial charge in [0.2, 0.25) is 21.9 Å². The summed E-state index contributed by atoms with van der Waals surface area (Å²) in [6, 6.07) is 0. The van der Waals surface area contributed by atoms with Crippen molar-refractivity contribution in [2.75, 3.05) is 51.5 Å². The molecular weight excluding hydrogens is 346 g/mol. The average molecular weight is 369 g/mol. The van der Waals surface area contributed by atoms with Crippen molar-refractivity contribution in [2.24, 2.45) is 0 Å². The number of sulfonamides is 1. The van der Waals surface area contributed by atoms with Crippen LogP contribution in [0.3, 0.4) is 0 Å². The molecule has 1 aliphatic rings. The van der Waals surface area contributed by atoms with Crippen molar-refractivity contribution in [3.63, 3.8) is 0 Å². The molecule has 1 saturated heterocycles. The second-order valence-electron chi connectivity index (χ2n) is 5.90. The molecule has 1 amide bonds. The zero-order chi connectivity index (χ0) is 18.4. The summed E-state index contributed by atoms with van der Waals surface area (Å²) < 4.78 is 29.9. The van der Waals surface area contributed by atoms with Crippen molar-refractivity contribution >= 4 is 28.0 Å². The number of aromatic nitrogens is 2. The van der Waals surface area contributed by atoms with Gasteiger partial charge in [-0.15, -0.1) is 0 Å². The molecule has 9 nitrogen and oxygen atoms in total. The van der Waals surface area contributed by atoms with Crippen LogP contribution in [0.4, 0.5) is 5.95 Å². The van der Waals surface area contributed by atoms with E-state index in [1.807, 2.05) is 14.1 Å². The van der Waals surface area contributed by atoms with E-state index in [1.54, 1.807) is 23.4 Å². The van der Waals surface area contributed by atoms with Crippen LogP contribution in [-0.2, 0) is 19.6 Å². The Labute approximate surface area is 147 Å². The largest absolute Gasteiger partial charge is 0.374 e. The number of rotatable bonds is 6. The maximum Gasteiger partial charge on any atom is 0.244 e. The summed E-state index contributed by atoms with van der Waals surface area (Å²) in [5.74, 6) is 0.295. The molecule has 2 heterocycles. The van der Waals surface area contributed by atoms with Crippen LogP contribution in [0.5, 0.6) is 0 Å². The molecule has 0 radical (unpaired) electrons. The zero-order valence-corrected chi connectivity index (χ0v) is 15.4. The standard InChI is InChI=1S/C15H23N5O4S/c1-19(2)15-17-8-12(9-18-15)4-5-14(21)16-10-13-11-20(6-7-24-13)25(3,22)23/h4-5,8-9,13H,6-7,10-11H2,1-3H3,(H,16,21). The van der Waals surface area contributed by atoms with Gasteiger partial charge in [-0.2, -0.15) is 4.31 Å². The van der Waals surface area contributed by atoms with Crippen molar-refractivity contribution in [2.45, 2.75) is 6.10 Å². The fraction of sp³-hybridized carbons (Fsp3) is 0.533. The maximum atomic E-state index is 11.9. The van der Waals surface area contributed by atoms with E-state index in [9.17, 15) is 13.2 Å². The van der Waals surface area contributed by atoms with Gasteiger partial charge in [0.15, 0.2) is 0 Å². The van der Waals surface area contributed by atoms with Crippen LogP contribution >= 0.6 is 0 Å².